The molecule has 0 bridgehead atoms. The molecular weight excluding hydrogens is 372 g/mol. The Bertz CT molecular complexity index is 520. The molecule has 0 aromatic carbocycles. The van der Waals surface area contributed by atoms with Gasteiger partial charge in [0.2, 0.25) is 5.88 Å². The summed E-state index contributed by atoms with van der Waals surface area (Å²) in [5, 5.41) is 0. The summed E-state index contributed by atoms with van der Waals surface area (Å²) in [5.74, 6) is 1.32. The van der Waals surface area contributed by atoms with Crippen molar-refractivity contribution in [2.75, 3.05) is 19.7 Å². The van der Waals surface area contributed by atoms with Gasteiger partial charge in [-0.25, -0.2) is 9.78 Å². The van der Waals surface area contributed by atoms with E-state index in [1.807, 2.05) is 37.8 Å². The lowest BCUT2D eigenvalue weighted by atomic mass is 9.92. The SMILES string of the molecule is CC(C)(C)OC(=O)N1CCC(CCCOc2ccc(Br)cn2)CC1. The maximum atomic E-state index is 12.0. The normalized spacial score (nSPS) is 16.1. The fraction of sp³-hybridized carbons (Fsp3) is 0.667. The van der Waals surface area contributed by atoms with E-state index in [2.05, 4.69) is 20.9 Å². The van der Waals surface area contributed by atoms with Crippen LogP contribution >= 0.6 is 15.9 Å². The molecule has 0 radical (unpaired) electrons. The van der Waals surface area contributed by atoms with Gasteiger partial charge in [0.1, 0.15) is 5.60 Å². The van der Waals surface area contributed by atoms with Gasteiger partial charge in [-0.1, -0.05) is 0 Å². The Morgan fingerprint density at radius 3 is 2.62 bits per heavy atom. The van der Waals surface area contributed by atoms with Crippen molar-refractivity contribution in [2.24, 2.45) is 5.92 Å². The molecule has 0 unspecified atom stereocenters. The predicted molar refractivity (Wildman–Crippen MR) is 97.2 cm³/mol. The Labute approximate surface area is 152 Å². The number of nitrogens with zero attached hydrogens (tertiary/aromatic N) is 2. The van der Waals surface area contributed by atoms with Gasteiger partial charge in [0.05, 0.1) is 6.61 Å². The van der Waals surface area contributed by atoms with Crippen LogP contribution in [0.4, 0.5) is 4.79 Å². The number of ether oxygens (including phenoxy) is 2. The topological polar surface area (TPSA) is 51.7 Å². The van der Waals surface area contributed by atoms with E-state index in [0.29, 0.717) is 18.4 Å². The molecule has 0 atom stereocenters. The summed E-state index contributed by atoms with van der Waals surface area (Å²) in [7, 11) is 0. The number of carbonyl (C=O) groups excluding carboxylic acids is 1. The van der Waals surface area contributed by atoms with Gasteiger partial charge in [-0.15, -0.1) is 0 Å². The van der Waals surface area contributed by atoms with Crippen LogP contribution in [0.15, 0.2) is 22.8 Å². The number of piperidine rings is 1. The molecule has 0 spiro atoms. The van der Waals surface area contributed by atoms with E-state index in [-0.39, 0.29) is 6.09 Å². The van der Waals surface area contributed by atoms with Gasteiger partial charge >= 0.3 is 6.09 Å². The van der Waals surface area contributed by atoms with E-state index >= 15 is 0 Å². The third kappa shape index (κ3) is 6.67. The molecule has 5 nitrogen and oxygen atoms in total. The molecule has 1 fully saturated rings. The molecule has 24 heavy (non-hydrogen) atoms. The van der Waals surface area contributed by atoms with Crippen molar-refractivity contribution in [3.05, 3.63) is 22.8 Å². The highest BCUT2D eigenvalue weighted by Crippen LogP contribution is 2.23. The van der Waals surface area contributed by atoms with Crippen molar-refractivity contribution >= 4 is 22.0 Å². The van der Waals surface area contributed by atoms with Gasteiger partial charge in [0, 0.05) is 29.8 Å². The molecule has 1 aliphatic rings. The molecule has 134 valence electrons. The number of hydrogen-bond donors (Lipinski definition) is 0. The second kappa shape index (κ2) is 8.70. The number of likely N-dealkylation sites (tertiary alicyclic amines) is 1. The van der Waals surface area contributed by atoms with Crippen LogP contribution in [0, 0.1) is 5.92 Å². The fourth-order valence-electron chi connectivity index (χ4n) is 2.73. The molecule has 6 heteroatoms. The van der Waals surface area contributed by atoms with Gasteiger partial charge in [-0.05, 0) is 74.4 Å². The molecule has 1 aromatic rings. The number of amides is 1. The molecule has 2 rings (SSSR count). The van der Waals surface area contributed by atoms with Gasteiger partial charge in [-0.3, -0.25) is 0 Å². The lowest BCUT2D eigenvalue weighted by Gasteiger charge is -2.33. The largest absolute Gasteiger partial charge is 0.478 e. The summed E-state index contributed by atoms with van der Waals surface area (Å²) in [6, 6.07) is 3.79. The number of aromatic nitrogens is 1. The highest BCUT2D eigenvalue weighted by atomic mass is 79.9. The van der Waals surface area contributed by atoms with E-state index in [1.54, 1.807) is 6.20 Å². The third-order valence-electron chi connectivity index (χ3n) is 3.97. The van der Waals surface area contributed by atoms with Crippen LogP contribution < -0.4 is 4.74 Å². The summed E-state index contributed by atoms with van der Waals surface area (Å²) >= 11 is 3.36. The summed E-state index contributed by atoms with van der Waals surface area (Å²) in [4.78, 5) is 18.1. The minimum Gasteiger partial charge on any atom is -0.478 e. The van der Waals surface area contributed by atoms with E-state index in [1.165, 1.54) is 0 Å². The molecule has 2 heterocycles. The molecule has 1 aromatic heterocycles. The van der Waals surface area contributed by atoms with Crippen LogP contribution in [0.5, 0.6) is 5.88 Å². The van der Waals surface area contributed by atoms with E-state index in [4.69, 9.17) is 9.47 Å². The second-order valence-electron chi connectivity index (χ2n) is 7.22. The van der Waals surface area contributed by atoms with Crippen LogP contribution in [0.2, 0.25) is 0 Å². The standard InChI is InChI=1S/C18H27BrN2O3/c1-18(2,3)24-17(22)21-10-8-14(9-11-21)5-4-12-23-16-7-6-15(19)13-20-16/h6-7,13-14H,4-5,8-12H2,1-3H3. The van der Waals surface area contributed by atoms with Crippen molar-refractivity contribution in [3.8, 4) is 5.88 Å². The van der Waals surface area contributed by atoms with Crippen LogP contribution in [-0.4, -0.2) is 41.3 Å². The average molecular weight is 399 g/mol. The first-order valence-corrected chi connectivity index (χ1v) is 9.35. The maximum Gasteiger partial charge on any atom is 0.410 e. The van der Waals surface area contributed by atoms with Crippen molar-refractivity contribution in [1.82, 2.24) is 9.88 Å². The molecule has 0 saturated carbocycles. The van der Waals surface area contributed by atoms with E-state index in [0.717, 1.165) is 43.2 Å². The zero-order valence-electron chi connectivity index (χ0n) is 14.8. The third-order valence-corrected chi connectivity index (χ3v) is 4.44. The molecule has 0 aliphatic carbocycles. The summed E-state index contributed by atoms with van der Waals surface area (Å²) in [6.45, 7) is 7.96. The number of halogens is 1. The van der Waals surface area contributed by atoms with Gasteiger partial charge in [0.25, 0.3) is 0 Å². The molecule has 1 amide bonds. The number of rotatable bonds is 5. The maximum absolute atomic E-state index is 12.0. The smallest absolute Gasteiger partial charge is 0.410 e. The van der Waals surface area contributed by atoms with Crippen LogP contribution in [0.1, 0.15) is 46.5 Å². The minimum absolute atomic E-state index is 0.189. The molecule has 1 saturated heterocycles. The molecule has 1 aliphatic heterocycles. The van der Waals surface area contributed by atoms with E-state index < -0.39 is 5.60 Å². The summed E-state index contributed by atoms with van der Waals surface area (Å²) in [6.07, 6.45) is 5.76. The van der Waals surface area contributed by atoms with Crippen LogP contribution in [0.3, 0.4) is 0 Å². The quantitative estimate of drug-likeness (QED) is 0.677. The molecule has 0 N–H and O–H groups in total. The highest BCUT2D eigenvalue weighted by molar-refractivity contribution is 9.10. The highest BCUT2D eigenvalue weighted by Gasteiger charge is 2.26. The fourth-order valence-corrected chi connectivity index (χ4v) is 2.96. The Kier molecular flexibility index (Phi) is 6.90. The first kappa shape index (κ1) is 19.0. The van der Waals surface area contributed by atoms with Crippen LogP contribution in [-0.2, 0) is 4.74 Å². The Morgan fingerprint density at radius 1 is 1.33 bits per heavy atom. The average Bonchev–Trinajstić information content (AvgIpc) is 2.52. The number of carbonyl (C=O) groups is 1. The zero-order chi connectivity index (χ0) is 17.6. The first-order chi connectivity index (χ1) is 11.3. The Morgan fingerprint density at radius 2 is 2.04 bits per heavy atom. The first-order valence-electron chi connectivity index (χ1n) is 8.56. The van der Waals surface area contributed by atoms with Crippen LogP contribution in [0.25, 0.3) is 0 Å². The summed E-state index contributed by atoms with van der Waals surface area (Å²) < 4.78 is 12.0. The monoisotopic (exact) mass is 398 g/mol. The van der Waals surface area contributed by atoms with E-state index in [9.17, 15) is 4.79 Å². The number of hydrogen-bond acceptors (Lipinski definition) is 4. The Hall–Kier alpha value is -1.30. The molecular formula is C18H27BrN2O3. The van der Waals surface area contributed by atoms with Crippen molar-refractivity contribution in [2.45, 2.75) is 52.1 Å². The van der Waals surface area contributed by atoms with Crippen molar-refractivity contribution in [1.29, 1.82) is 0 Å². The number of pyridine rings is 1. The lowest BCUT2D eigenvalue weighted by molar-refractivity contribution is 0.0179. The van der Waals surface area contributed by atoms with Gasteiger partial charge < -0.3 is 14.4 Å². The van der Waals surface area contributed by atoms with Crippen molar-refractivity contribution < 1.29 is 14.3 Å². The van der Waals surface area contributed by atoms with Gasteiger partial charge in [0.15, 0.2) is 0 Å². The minimum atomic E-state index is -0.424. The van der Waals surface area contributed by atoms with Gasteiger partial charge in [-0.2, -0.15) is 0 Å². The predicted octanol–water partition coefficient (Wildman–Crippen LogP) is 4.65. The Balaban J connectivity index is 1.61. The van der Waals surface area contributed by atoms with Crippen molar-refractivity contribution in [3.63, 3.8) is 0 Å². The summed E-state index contributed by atoms with van der Waals surface area (Å²) in [5.41, 5.74) is -0.424. The zero-order valence-corrected chi connectivity index (χ0v) is 16.3. The lowest BCUT2D eigenvalue weighted by Crippen LogP contribution is -2.41. The second-order valence-corrected chi connectivity index (χ2v) is 8.13.